The number of nitrogens with zero attached hydrogens (tertiary/aromatic N) is 1. The summed E-state index contributed by atoms with van der Waals surface area (Å²) in [5, 5.41) is 0. The van der Waals surface area contributed by atoms with Gasteiger partial charge in [-0.3, -0.25) is 0 Å². The van der Waals surface area contributed by atoms with Gasteiger partial charge >= 0.3 is 12.1 Å². The second kappa shape index (κ2) is 4.99. The Morgan fingerprint density at radius 1 is 1.56 bits per heavy atom. The fourth-order valence-corrected chi connectivity index (χ4v) is 1.56. The van der Waals surface area contributed by atoms with Crippen LogP contribution in [-0.4, -0.2) is 30.2 Å². The van der Waals surface area contributed by atoms with Crippen LogP contribution in [0.3, 0.4) is 0 Å². The third-order valence-corrected chi connectivity index (χ3v) is 2.42. The van der Waals surface area contributed by atoms with E-state index in [0.29, 0.717) is 0 Å². The Hall–Kier alpha value is -1.53. The molecule has 0 aromatic rings. The minimum Gasteiger partial charge on any atom is -0.464 e. The molecule has 0 radical (unpaired) electrons. The summed E-state index contributed by atoms with van der Waals surface area (Å²) in [5.74, 6) is -1.74. The van der Waals surface area contributed by atoms with Crippen molar-refractivity contribution in [2.24, 2.45) is 4.99 Å². The molecule has 0 aliphatic carbocycles. The average molecular weight is 265 g/mol. The van der Waals surface area contributed by atoms with Crippen LogP contribution in [0.2, 0.25) is 0 Å². The van der Waals surface area contributed by atoms with Gasteiger partial charge in [0.15, 0.2) is 5.90 Å². The van der Waals surface area contributed by atoms with Gasteiger partial charge in [0.05, 0.1) is 13.0 Å². The van der Waals surface area contributed by atoms with E-state index < -0.39 is 24.1 Å². The van der Waals surface area contributed by atoms with E-state index in [0.717, 1.165) is 0 Å². The highest BCUT2D eigenvalue weighted by Crippen LogP contribution is 2.42. The zero-order valence-corrected chi connectivity index (χ0v) is 10.1. The van der Waals surface area contributed by atoms with Crippen molar-refractivity contribution >= 4 is 11.9 Å². The maximum absolute atomic E-state index is 13.1. The zero-order valence-electron chi connectivity index (χ0n) is 10.1. The minimum absolute atomic E-state index is 0.135. The van der Waals surface area contributed by atoms with Gasteiger partial charge in [0.2, 0.25) is 0 Å². The maximum Gasteiger partial charge on any atom is 0.425 e. The number of esters is 1. The fourth-order valence-electron chi connectivity index (χ4n) is 1.56. The molecule has 0 saturated carbocycles. The van der Waals surface area contributed by atoms with Gasteiger partial charge in [0.1, 0.15) is 5.76 Å². The van der Waals surface area contributed by atoms with E-state index >= 15 is 0 Å². The molecular weight excluding hydrogens is 251 g/mol. The molecule has 0 N–H and O–H groups in total. The molecule has 1 atom stereocenters. The fraction of sp³-hybridized carbons (Fsp3) is 0.636. The van der Waals surface area contributed by atoms with Crippen LogP contribution in [0.5, 0.6) is 0 Å². The number of carbonyl (C=O) groups is 1. The van der Waals surface area contributed by atoms with Crippen molar-refractivity contribution in [2.75, 3.05) is 6.61 Å². The van der Waals surface area contributed by atoms with Crippen molar-refractivity contribution in [1.29, 1.82) is 0 Å². The van der Waals surface area contributed by atoms with Gasteiger partial charge in [-0.1, -0.05) is 13.5 Å². The average Bonchev–Trinajstić information content (AvgIpc) is 2.26. The van der Waals surface area contributed by atoms with E-state index in [-0.39, 0.29) is 24.7 Å². The van der Waals surface area contributed by atoms with Crippen molar-refractivity contribution in [3.05, 3.63) is 12.3 Å². The number of carbonyl (C=O) groups excluding carboxylic acids is 1. The van der Waals surface area contributed by atoms with E-state index in [1.54, 1.807) is 6.92 Å². The second-order valence-electron chi connectivity index (χ2n) is 3.76. The Morgan fingerprint density at radius 3 is 2.61 bits per heavy atom. The van der Waals surface area contributed by atoms with E-state index in [9.17, 15) is 18.0 Å². The molecule has 0 fully saturated rings. The first-order valence-electron chi connectivity index (χ1n) is 5.45. The number of hydrogen-bond donors (Lipinski definition) is 0. The third-order valence-electron chi connectivity index (χ3n) is 2.42. The molecule has 0 aromatic carbocycles. The molecule has 4 nitrogen and oxygen atoms in total. The number of rotatable bonds is 3. The Morgan fingerprint density at radius 2 is 2.17 bits per heavy atom. The molecule has 1 aliphatic rings. The van der Waals surface area contributed by atoms with Gasteiger partial charge in [0, 0.05) is 6.42 Å². The SMILES string of the molecule is C=C1CC(C(=O)OCC)(C(F)(F)F)N=C(CC)O1. The summed E-state index contributed by atoms with van der Waals surface area (Å²) >= 11 is 0. The zero-order chi connectivity index (χ0) is 14.0. The largest absolute Gasteiger partial charge is 0.464 e. The van der Waals surface area contributed by atoms with Crippen molar-refractivity contribution in [3.8, 4) is 0 Å². The smallest absolute Gasteiger partial charge is 0.425 e. The quantitative estimate of drug-likeness (QED) is 0.737. The van der Waals surface area contributed by atoms with E-state index in [1.165, 1.54) is 6.92 Å². The summed E-state index contributed by atoms with van der Waals surface area (Å²) in [6.45, 7) is 6.21. The normalized spacial score (nSPS) is 24.3. The summed E-state index contributed by atoms with van der Waals surface area (Å²) in [7, 11) is 0. The van der Waals surface area contributed by atoms with Crippen molar-refractivity contribution in [1.82, 2.24) is 0 Å². The number of hydrogen-bond acceptors (Lipinski definition) is 4. The van der Waals surface area contributed by atoms with E-state index in [2.05, 4.69) is 16.3 Å². The molecule has 7 heteroatoms. The third kappa shape index (κ3) is 2.49. The van der Waals surface area contributed by atoms with Crippen LogP contribution in [0.1, 0.15) is 26.7 Å². The Kier molecular flexibility index (Phi) is 4.03. The van der Waals surface area contributed by atoms with Crippen LogP contribution in [0.4, 0.5) is 13.2 Å². The standard InChI is InChI=1S/C11H14F3NO3/c1-4-8-15-10(11(12,13)14,6-7(3)18-8)9(16)17-5-2/h3-6H2,1-2H3. The Balaban J connectivity index is 3.28. The maximum atomic E-state index is 13.1. The molecule has 0 saturated heterocycles. The highest BCUT2D eigenvalue weighted by atomic mass is 19.4. The van der Waals surface area contributed by atoms with Crippen LogP contribution in [0.25, 0.3) is 0 Å². The Bertz CT molecular complexity index is 389. The summed E-state index contributed by atoms with van der Waals surface area (Å²) < 4.78 is 48.9. The monoisotopic (exact) mass is 265 g/mol. The van der Waals surface area contributed by atoms with E-state index in [1.807, 2.05) is 0 Å². The number of aliphatic imine (C=N–C) groups is 1. The topological polar surface area (TPSA) is 47.9 Å². The number of ether oxygens (including phenoxy) is 2. The summed E-state index contributed by atoms with van der Waals surface area (Å²) in [6.07, 6.45) is -5.47. The highest BCUT2D eigenvalue weighted by Gasteiger charge is 2.64. The van der Waals surface area contributed by atoms with Crippen LogP contribution in [0, 0.1) is 0 Å². The first-order valence-corrected chi connectivity index (χ1v) is 5.45. The van der Waals surface area contributed by atoms with Gasteiger partial charge < -0.3 is 9.47 Å². The predicted octanol–water partition coefficient (Wildman–Crippen LogP) is 2.59. The van der Waals surface area contributed by atoms with Crippen molar-refractivity contribution in [3.63, 3.8) is 0 Å². The minimum atomic E-state index is -4.85. The molecular formula is C11H14F3NO3. The summed E-state index contributed by atoms with van der Waals surface area (Å²) in [6, 6.07) is 0. The van der Waals surface area contributed by atoms with Crippen molar-refractivity contribution < 1.29 is 27.4 Å². The van der Waals surface area contributed by atoms with Gasteiger partial charge in [0.25, 0.3) is 5.54 Å². The lowest BCUT2D eigenvalue weighted by atomic mass is 9.93. The molecule has 0 bridgehead atoms. The molecule has 18 heavy (non-hydrogen) atoms. The van der Waals surface area contributed by atoms with Gasteiger partial charge in [-0.05, 0) is 6.92 Å². The number of alkyl halides is 3. The highest BCUT2D eigenvalue weighted by molar-refractivity contribution is 5.89. The number of halogens is 3. The lowest BCUT2D eigenvalue weighted by Crippen LogP contribution is -2.54. The molecule has 1 aliphatic heterocycles. The van der Waals surface area contributed by atoms with Gasteiger partial charge in [-0.15, -0.1) is 0 Å². The lowest BCUT2D eigenvalue weighted by molar-refractivity contribution is -0.207. The summed E-state index contributed by atoms with van der Waals surface area (Å²) in [4.78, 5) is 15.0. The second-order valence-corrected chi connectivity index (χ2v) is 3.76. The molecule has 1 unspecified atom stereocenters. The predicted molar refractivity (Wildman–Crippen MR) is 58.0 cm³/mol. The Labute approximate surface area is 102 Å². The molecule has 0 amide bonds. The first kappa shape index (κ1) is 14.5. The van der Waals surface area contributed by atoms with Gasteiger partial charge in [-0.2, -0.15) is 13.2 Å². The van der Waals surface area contributed by atoms with Gasteiger partial charge in [-0.25, -0.2) is 9.79 Å². The van der Waals surface area contributed by atoms with Crippen LogP contribution < -0.4 is 0 Å². The van der Waals surface area contributed by atoms with Crippen LogP contribution in [-0.2, 0) is 14.3 Å². The summed E-state index contributed by atoms with van der Waals surface area (Å²) in [5.41, 5.74) is -2.93. The molecule has 0 spiro atoms. The molecule has 1 heterocycles. The molecule has 1 rings (SSSR count). The molecule has 0 aromatic heterocycles. The van der Waals surface area contributed by atoms with Crippen LogP contribution in [0.15, 0.2) is 17.3 Å². The first-order chi connectivity index (χ1) is 8.26. The lowest BCUT2D eigenvalue weighted by Gasteiger charge is -2.33. The van der Waals surface area contributed by atoms with Crippen molar-refractivity contribution in [2.45, 2.75) is 38.4 Å². The molecule has 102 valence electrons. The van der Waals surface area contributed by atoms with E-state index in [4.69, 9.17) is 4.74 Å². The van der Waals surface area contributed by atoms with Crippen LogP contribution >= 0.6 is 0 Å².